The Balaban J connectivity index is 2.59. The van der Waals surface area contributed by atoms with Crippen molar-refractivity contribution in [3.05, 3.63) is 0 Å². The van der Waals surface area contributed by atoms with Crippen LogP contribution in [0.25, 0.3) is 0 Å². The standard InChI is InChI=1S/C15H30N4O2/c1-3-10-19-15(14(17)21)9-5-7-11(15)6-4-8-12(18-2)13(16)20/h11-12,18-19H,3-10H2,1-2H3,(H2,16,20)(H2,17,21). The Morgan fingerprint density at radius 2 is 2.10 bits per heavy atom. The Bertz CT molecular complexity index is 362. The fraction of sp³-hybridized carbons (Fsp3) is 0.867. The second-order valence-electron chi connectivity index (χ2n) is 6.03. The first kappa shape index (κ1) is 17.9. The van der Waals surface area contributed by atoms with Crippen molar-refractivity contribution in [3.63, 3.8) is 0 Å². The van der Waals surface area contributed by atoms with Gasteiger partial charge in [-0.15, -0.1) is 0 Å². The molecule has 0 aliphatic heterocycles. The molecule has 3 unspecified atom stereocenters. The van der Waals surface area contributed by atoms with Gasteiger partial charge in [-0.3, -0.25) is 9.59 Å². The Morgan fingerprint density at radius 3 is 2.62 bits per heavy atom. The van der Waals surface area contributed by atoms with Gasteiger partial charge in [0.05, 0.1) is 6.04 Å². The van der Waals surface area contributed by atoms with Gasteiger partial charge >= 0.3 is 0 Å². The van der Waals surface area contributed by atoms with Crippen molar-refractivity contribution in [2.24, 2.45) is 17.4 Å². The number of amides is 2. The van der Waals surface area contributed by atoms with Crippen molar-refractivity contribution in [3.8, 4) is 0 Å². The Kier molecular flexibility index (Phi) is 7.11. The highest BCUT2D eigenvalue weighted by atomic mass is 16.2. The number of hydrogen-bond acceptors (Lipinski definition) is 4. The van der Waals surface area contributed by atoms with Gasteiger partial charge in [-0.2, -0.15) is 0 Å². The minimum Gasteiger partial charge on any atom is -0.368 e. The SMILES string of the molecule is CCCNC1(C(N)=O)CCCC1CCCC(NC)C(N)=O. The molecule has 1 fully saturated rings. The third-order valence-electron chi connectivity index (χ3n) is 4.69. The van der Waals surface area contributed by atoms with Crippen molar-refractivity contribution in [1.82, 2.24) is 10.6 Å². The molecular weight excluding hydrogens is 268 g/mol. The summed E-state index contributed by atoms with van der Waals surface area (Å²) in [5, 5.41) is 6.31. The maximum absolute atomic E-state index is 12.0. The van der Waals surface area contributed by atoms with Crippen molar-refractivity contribution < 1.29 is 9.59 Å². The van der Waals surface area contributed by atoms with Crippen LogP contribution in [0.2, 0.25) is 0 Å². The molecule has 3 atom stereocenters. The Hall–Kier alpha value is -1.14. The summed E-state index contributed by atoms with van der Waals surface area (Å²) in [6, 6.07) is -0.294. The maximum atomic E-state index is 12.0. The maximum Gasteiger partial charge on any atom is 0.238 e. The molecule has 1 rings (SSSR count). The summed E-state index contributed by atoms with van der Waals surface area (Å²) in [4.78, 5) is 23.2. The van der Waals surface area contributed by atoms with Gasteiger partial charge in [-0.1, -0.05) is 19.8 Å². The zero-order valence-corrected chi connectivity index (χ0v) is 13.3. The zero-order chi connectivity index (χ0) is 15.9. The predicted octanol–water partition coefficient (Wildman–Crippen LogP) is 0.254. The van der Waals surface area contributed by atoms with Crippen LogP contribution in [0.3, 0.4) is 0 Å². The van der Waals surface area contributed by atoms with Gasteiger partial charge in [0.1, 0.15) is 5.54 Å². The minimum absolute atomic E-state index is 0.237. The lowest BCUT2D eigenvalue weighted by Gasteiger charge is -2.34. The van der Waals surface area contributed by atoms with E-state index in [1.54, 1.807) is 7.05 Å². The third-order valence-corrected chi connectivity index (χ3v) is 4.69. The molecule has 0 heterocycles. The van der Waals surface area contributed by atoms with Crippen molar-refractivity contribution in [2.45, 2.75) is 63.5 Å². The van der Waals surface area contributed by atoms with E-state index in [0.29, 0.717) is 6.42 Å². The highest BCUT2D eigenvalue weighted by molar-refractivity contribution is 5.85. The quantitative estimate of drug-likeness (QED) is 0.463. The number of nitrogens with one attached hydrogen (secondary N) is 2. The number of likely N-dealkylation sites (N-methyl/N-ethyl adjacent to an activating group) is 1. The number of nitrogens with two attached hydrogens (primary N) is 2. The molecule has 2 amide bonds. The number of carbonyl (C=O) groups excluding carboxylic acids is 2. The minimum atomic E-state index is -0.558. The van der Waals surface area contributed by atoms with Crippen molar-refractivity contribution >= 4 is 11.8 Å². The van der Waals surface area contributed by atoms with Crippen molar-refractivity contribution in [1.29, 1.82) is 0 Å². The average molecular weight is 298 g/mol. The molecule has 1 saturated carbocycles. The number of carbonyl (C=O) groups is 2. The molecule has 0 aromatic carbocycles. The monoisotopic (exact) mass is 298 g/mol. The Morgan fingerprint density at radius 1 is 1.38 bits per heavy atom. The summed E-state index contributed by atoms with van der Waals surface area (Å²) in [6.07, 6.45) is 6.29. The summed E-state index contributed by atoms with van der Waals surface area (Å²) in [5.41, 5.74) is 10.4. The van der Waals surface area contributed by atoms with Crippen LogP contribution in [0.1, 0.15) is 51.9 Å². The molecule has 1 aliphatic rings. The Labute approximate surface area is 127 Å². The van der Waals surface area contributed by atoms with Gasteiger partial charge in [-0.25, -0.2) is 0 Å². The first-order valence-corrected chi connectivity index (χ1v) is 7.99. The van der Waals surface area contributed by atoms with Crippen LogP contribution in [0.15, 0.2) is 0 Å². The lowest BCUT2D eigenvalue weighted by molar-refractivity contribution is -0.126. The lowest BCUT2D eigenvalue weighted by Crippen LogP contribution is -2.58. The topological polar surface area (TPSA) is 110 Å². The highest BCUT2D eigenvalue weighted by Gasteiger charge is 2.46. The molecule has 6 heteroatoms. The van der Waals surface area contributed by atoms with Crippen LogP contribution >= 0.6 is 0 Å². The first-order chi connectivity index (χ1) is 9.97. The molecule has 0 saturated heterocycles. The van der Waals surface area contributed by atoms with Gasteiger partial charge in [0.15, 0.2) is 0 Å². The number of primary amides is 2. The largest absolute Gasteiger partial charge is 0.368 e. The molecular formula is C15H30N4O2. The van der Waals surface area contributed by atoms with E-state index in [1.807, 2.05) is 0 Å². The second-order valence-corrected chi connectivity index (χ2v) is 6.03. The van der Waals surface area contributed by atoms with Gasteiger partial charge < -0.3 is 22.1 Å². The van der Waals surface area contributed by atoms with Crippen LogP contribution in [-0.2, 0) is 9.59 Å². The fourth-order valence-corrected chi connectivity index (χ4v) is 3.46. The zero-order valence-electron chi connectivity index (χ0n) is 13.3. The molecule has 0 bridgehead atoms. The van der Waals surface area contributed by atoms with E-state index in [4.69, 9.17) is 11.5 Å². The molecule has 0 spiro atoms. The molecule has 1 aliphatic carbocycles. The summed E-state index contributed by atoms with van der Waals surface area (Å²) in [6.45, 7) is 2.88. The average Bonchev–Trinajstić information content (AvgIpc) is 2.85. The lowest BCUT2D eigenvalue weighted by atomic mass is 9.82. The van der Waals surface area contributed by atoms with Crippen LogP contribution in [0, 0.1) is 5.92 Å². The van der Waals surface area contributed by atoms with E-state index in [9.17, 15) is 9.59 Å². The molecule has 122 valence electrons. The smallest absolute Gasteiger partial charge is 0.238 e. The normalized spacial score (nSPS) is 26.7. The summed E-state index contributed by atoms with van der Waals surface area (Å²) >= 11 is 0. The van der Waals surface area contributed by atoms with E-state index < -0.39 is 5.54 Å². The predicted molar refractivity (Wildman–Crippen MR) is 83.5 cm³/mol. The van der Waals surface area contributed by atoms with E-state index in [-0.39, 0.29) is 23.8 Å². The van der Waals surface area contributed by atoms with E-state index in [1.165, 1.54) is 0 Å². The fourth-order valence-electron chi connectivity index (χ4n) is 3.46. The number of rotatable bonds is 10. The van der Waals surface area contributed by atoms with Gasteiger partial charge in [-0.05, 0) is 51.6 Å². The second kappa shape index (κ2) is 8.34. The van der Waals surface area contributed by atoms with E-state index >= 15 is 0 Å². The molecule has 21 heavy (non-hydrogen) atoms. The first-order valence-electron chi connectivity index (χ1n) is 7.99. The van der Waals surface area contributed by atoms with Crippen LogP contribution in [-0.4, -0.2) is 37.0 Å². The summed E-state index contributed by atoms with van der Waals surface area (Å²) < 4.78 is 0. The van der Waals surface area contributed by atoms with Crippen LogP contribution in [0.4, 0.5) is 0 Å². The molecule has 6 N–H and O–H groups in total. The molecule has 0 aromatic rings. The van der Waals surface area contributed by atoms with Gasteiger partial charge in [0.25, 0.3) is 0 Å². The van der Waals surface area contributed by atoms with Crippen LogP contribution in [0.5, 0.6) is 0 Å². The number of hydrogen-bond donors (Lipinski definition) is 4. The van der Waals surface area contributed by atoms with Crippen LogP contribution < -0.4 is 22.1 Å². The highest BCUT2D eigenvalue weighted by Crippen LogP contribution is 2.39. The van der Waals surface area contributed by atoms with E-state index in [0.717, 1.165) is 45.1 Å². The molecule has 0 radical (unpaired) electrons. The molecule has 6 nitrogen and oxygen atoms in total. The summed E-state index contributed by atoms with van der Waals surface area (Å²) in [5.74, 6) is -0.306. The molecule has 0 aromatic heterocycles. The van der Waals surface area contributed by atoms with Gasteiger partial charge in [0.2, 0.25) is 11.8 Å². The third kappa shape index (κ3) is 4.41. The van der Waals surface area contributed by atoms with Crippen molar-refractivity contribution in [2.75, 3.05) is 13.6 Å². The van der Waals surface area contributed by atoms with Gasteiger partial charge in [0, 0.05) is 0 Å². The summed E-state index contributed by atoms with van der Waals surface area (Å²) in [7, 11) is 1.74. The van der Waals surface area contributed by atoms with E-state index in [2.05, 4.69) is 17.6 Å².